The second kappa shape index (κ2) is 10.1. The highest BCUT2D eigenvalue weighted by Gasteiger charge is 2.28. The molecule has 3 rings (SSSR count). The second-order valence-electron chi connectivity index (χ2n) is 6.81. The molecule has 0 bridgehead atoms. The zero-order valence-electron chi connectivity index (χ0n) is 17.0. The van der Waals surface area contributed by atoms with Crippen LogP contribution in [0.3, 0.4) is 0 Å². The number of carbonyl (C=O) groups excluding carboxylic acids is 2. The van der Waals surface area contributed by atoms with Gasteiger partial charge in [0, 0.05) is 13.1 Å². The highest BCUT2D eigenvalue weighted by atomic mass is 35.5. The zero-order chi connectivity index (χ0) is 22.4. The molecule has 31 heavy (non-hydrogen) atoms. The Morgan fingerprint density at radius 2 is 1.84 bits per heavy atom. The maximum atomic E-state index is 12.7. The minimum Gasteiger partial charge on any atom is -0.492 e. The van der Waals surface area contributed by atoms with Gasteiger partial charge in [-0.3, -0.25) is 4.79 Å². The number of benzene rings is 2. The van der Waals surface area contributed by atoms with Crippen LogP contribution >= 0.6 is 11.6 Å². The molecular formula is C21H23ClN2O6S. The fraction of sp³-hybridized carbons (Fsp3) is 0.333. The molecular weight excluding hydrogens is 444 g/mol. The van der Waals surface area contributed by atoms with Crippen molar-refractivity contribution in [2.24, 2.45) is 0 Å². The van der Waals surface area contributed by atoms with E-state index in [1.807, 2.05) is 6.92 Å². The van der Waals surface area contributed by atoms with Gasteiger partial charge in [-0.15, -0.1) is 0 Å². The number of hydrogen-bond acceptors (Lipinski definition) is 6. The Bertz CT molecular complexity index is 1070. The highest BCUT2D eigenvalue weighted by molar-refractivity contribution is 7.89. The van der Waals surface area contributed by atoms with Gasteiger partial charge in [-0.1, -0.05) is 23.7 Å². The number of nitrogens with one attached hydrogen (secondary N) is 1. The van der Waals surface area contributed by atoms with Gasteiger partial charge in [0.2, 0.25) is 10.0 Å². The number of rotatable bonds is 8. The van der Waals surface area contributed by atoms with E-state index in [1.54, 1.807) is 24.3 Å². The van der Waals surface area contributed by atoms with Crippen molar-refractivity contribution in [2.45, 2.75) is 24.7 Å². The molecule has 0 aromatic heterocycles. The molecule has 1 aliphatic heterocycles. The Labute approximate surface area is 186 Å². The summed E-state index contributed by atoms with van der Waals surface area (Å²) in [5.41, 5.74) is 0.326. The minimum absolute atomic E-state index is 0.0347. The first-order valence-electron chi connectivity index (χ1n) is 9.81. The zero-order valence-corrected chi connectivity index (χ0v) is 18.5. The third-order valence-corrected chi connectivity index (χ3v) is 6.88. The first-order chi connectivity index (χ1) is 14.8. The second-order valence-corrected chi connectivity index (χ2v) is 9.15. The number of ether oxygens (including phenoxy) is 2. The number of anilines is 1. The minimum atomic E-state index is -3.72. The molecule has 0 radical (unpaired) electrons. The summed E-state index contributed by atoms with van der Waals surface area (Å²) in [4.78, 5) is 24.6. The fourth-order valence-corrected chi connectivity index (χ4v) is 4.88. The van der Waals surface area contributed by atoms with Crippen molar-refractivity contribution in [1.29, 1.82) is 0 Å². The van der Waals surface area contributed by atoms with E-state index < -0.39 is 28.5 Å². The molecule has 2 aromatic carbocycles. The van der Waals surface area contributed by atoms with Crippen LogP contribution in [-0.4, -0.2) is 50.9 Å². The molecule has 1 amide bonds. The average Bonchev–Trinajstić information content (AvgIpc) is 3.30. The molecule has 1 saturated heterocycles. The summed E-state index contributed by atoms with van der Waals surface area (Å²) in [6, 6.07) is 10.7. The maximum absolute atomic E-state index is 12.7. The summed E-state index contributed by atoms with van der Waals surface area (Å²) in [6.07, 6.45) is 1.59. The van der Waals surface area contributed by atoms with Crippen molar-refractivity contribution in [3.8, 4) is 5.75 Å². The number of amides is 1. The Kier molecular flexibility index (Phi) is 7.53. The van der Waals surface area contributed by atoms with Gasteiger partial charge in [0.15, 0.2) is 6.61 Å². The smallest absolute Gasteiger partial charge is 0.340 e. The van der Waals surface area contributed by atoms with E-state index in [9.17, 15) is 18.0 Å². The van der Waals surface area contributed by atoms with E-state index in [0.29, 0.717) is 31.1 Å². The number of esters is 1. The van der Waals surface area contributed by atoms with Crippen molar-refractivity contribution >= 4 is 39.2 Å². The van der Waals surface area contributed by atoms with E-state index in [2.05, 4.69) is 5.32 Å². The van der Waals surface area contributed by atoms with E-state index in [-0.39, 0.29) is 15.5 Å². The van der Waals surface area contributed by atoms with E-state index in [4.69, 9.17) is 21.1 Å². The highest BCUT2D eigenvalue weighted by Crippen LogP contribution is 2.26. The van der Waals surface area contributed by atoms with Crippen molar-refractivity contribution in [3.05, 3.63) is 53.1 Å². The van der Waals surface area contributed by atoms with Crippen molar-refractivity contribution < 1.29 is 27.5 Å². The van der Waals surface area contributed by atoms with Crippen LogP contribution in [0.25, 0.3) is 0 Å². The molecule has 1 heterocycles. The fourth-order valence-electron chi connectivity index (χ4n) is 3.15. The number of nitrogens with zero attached hydrogens (tertiary/aromatic N) is 1. The van der Waals surface area contributed by atoms with Crippen LogP contribution in [0, 0.1) is 0 Å². The summed E-state index contributed by atoms with van der Waals surface area (Å²) in [6.45, 7) is 2.56. The lowest BCUT2D eigenvalue weighted by Gasteiger charge is -2.16. The molecule has 0 unspecified atom stereocenters. The predicted molar refractivity (Wildman–Crippen MR) is 116 cm³/mol. The van der Waals surface area contributed by atoms with Crippen molar-refractivity contribution in [2.75, 3.05) is 31.6 Å². The van der Waals surface area contributed by atoms with Crippen LogP contribution in [0.2, 0.25) is 5.02 Å². The first kappa shape index (κ1) is 23.1. The van der Waals surface area contributed by atoms with Crippen LogP contribution < -0.4 is 10.1 Å². The quantitative estimate of drug-likeness (QED) is 0.599. The Balaban J connectivity index is 1.67. The Morgan fingerprint density at radius 3 is 2.55 bits per heavy atom. The van der Waals surface area contributed by atoms with Crippen LogP contribution in [0.5, 0.6) is 5.75 Å². The standard InChI is InChI=1S/C21H23ClN2O6S/c1-2-29-19-8-4-3-7-18(19)23-20(25)14-30-21(26)16-13-15(9-10-17(16)22)31(27,28)24-11-5-6-12-24/h3-4,7-10,13H,2,5-6,11-12,14H2,1H3,(H,23,25). The summed E-state index contributed by atoms with van der Waals surface area (Å²) < 4.78 is 37.3. The van der Waals surface area contributed by atoms with Gasteiger partial charge >= 0.3 is 5.97 Å². The van der Waals surface area contributed by atoms with E-state index >= 15 is 0 Å². The third kappa shape index (κ3) is 5.55. The summed E-state index contributed by atoms with van der Waals surface area (Å²) in [5.74, 6) is -0.971. The SMILES string of the molecule is CCOc1ccccc1NC(=O)COC(=O)c1cc(S(=O)(=O)N2CCCC2)ccc1Cl. The molecule has 1 fully saturated rings. The lowest BCUT2D eigenvalue weighted by molar-refractivity contribution is -0.119. The van der Waals surface area contributed by atoms with Crippen LogP contribution in [-0.2, 0) is 19.6 Å². The van der Waals surface area contributed by atoms with Gasteiger partial charge in [0.25, 0.3) is 5.91 Å². The number of hydrogen-bond donors (Lipinski definition) is 1. The van der Waals surface area contributed by atoms with Crippen molar-refractivity contribution in [1.82, 2.24) is 4.31 Å². The number of carbonyl (C=O) groups is 2. The van der Waals surface area contributed by atoms with Crippen LogP contribution in [0.1, 0.15) is 30.1 Å². The topological polar surface area (TPSA) is 102 Å². The first-order valence-corrected chi connectivity index (χ1v) is 11.6. The summed E-state index contributed by atoms with van der Waals surface area (Å²) in [5, 5.41) is 2.65. The van der Waals surface area contributed by atoms with Gasteiger partial charge in [0.05, 0.1) is 27.8 Å². The maximum Gasteiger partial charge on any atom is 0.340 e. The number of halogens is 1. The molecule has 1 aliphatic rings. The van der Waals surface area contributed by atoms with E-state index in [1.165, 1.54) is 22.5 Å². The molecule has 166 valence electrons. The normalized spacial score (nSPS) is 14.3. The van der Waals surface area contributed by atoms with Crippen LogP contribution in [0.15, 0.2) is 47.4 Å². The molecule has 0 saturated carbocycles. The number of para-hydroxylation sites is 2. The monoisotopic (exact) mass is 466 g/mol. The molecule has 1 N–H and O–H groups in total. The molecule has 10 heteroatoms. The van der Waals surface area contributed by atoms with Crippen LogP contribution in [0.4, 0.5) is 5.69 Å². The van der Waals surface area contributed by atoms with Gasteiger partial charge in [0.1, 0.15) is 5.75 Å². The number of sulfonamides is 1. The largest absolute Gasteiger partial charge is 0.492 e. The molecule has 8 nitrogen and oxygen atoms in total. The van der Waals surface area contributed by atoms with Crippen molar-refractivity contribution in [3.63, 3.8) is 0 Å². The van der Waals surface area contributed by atoms with E-state index in [0.717, 1.165) is 12.8 Å². The Morgan fingerprint density at radius 1 is 1.13 bits per heavy atom. The molecule has 0 aliphatic carbocycles. The summed E-state index contributed by atoms with van der Waals surface area (Å²) >= 11 is 6.08. The summed E-state index contributed by atoms with van der Waals surface area (Å²) in [7, 11) is -3.72. The van der Waals surface area contributed by atoms with Gasteiger partial charge in [-0.25, -0.2) is 13.2 Å². The Hall–Kier alpha value is -2.62. The third-order valence-electron chi connectivity index (χ3n) is 4.66. The lowest BCUT2D eigenvalue weighted by Crippen LogP contribution is -2.28. The molecule has 0 spiro atoms. The average molecular weight is 467 g/mol. The molecule has 0 atom stereocenters. The predicted octanol–water partition coefficient (Wildman–Crippen LogP) is 3.32. The lowest BCUT2D eigenvalue weighted by atomic mass is 10.2. The molecule has 2 aromatic rings. The van der Waals surface area contributed by atoms with Gasteiger partial charge < -0.3 is 14.8 Å². The van der Waals surface area contributed by atoms with Gasteiger partial charge in [-0.05, 0) is 50.1 Å². The van der Waals surface area contributed by atoms with Gasteiger partial charge in [-0.2, -0.15) is 4.31 Å².